The SMILES string of the molecule is N#CCCN(C(=O)Cc1ccc(Br)cc1)c1ccccc1. The first-order valence-corrected chi connectivity index (χ1v) is 7.47. The van der Waals surface area contributed by atoms with Crippen LogP contribution in [0.25, 0.3) is 0 Å². The fraction of sp³-hybridized carbons (Fsp3) is 0.176. The number of para-hydroxylation sites is 1. The summed E-state index contributed by atoms with van der Waals surface area (Å²) in [5.74, 6) is -0.00114. The number of hydrogen-bond donors (Lipinski definition) is 0. The molecule has 0 atom stereocenters. The summed E-state index contributed by atoms with van der Waals surface area (Å²) in [6, 6.07) is 19.2. The summed E-state index contributed by atoms with van der Waals surface area (Å²) < 4.78 is 0.989. The van der Waals surface area contributed by atoms with Gasteiger partial charge in [-0.15, -0.1) is 0 Å². The van der Waals surface area contributed by atoms with E-state index in [2.05, 4.69) is 22.0 Å². The van der Waals surface area contributed by atoms with E-state index in [4.69, 9.17) is 5.26 Å². The molecule has 0 radical (unpaired) electrons. The van der Waals surface area contributed by atoms with Gasteiger partial charge >= 0.3 is 0 Å². The van der Waals surface area contributed by atoms with Gasteiger partial charge in [0.15, 0.2) is 0 Å². The van der Waals surface area contributed by atoms with Crippen molar-refractivity contribution in [2.45, 2.75) is 12.8 Å². The van der Waals surface area contributed by atoms with E-state index < -0.39 is 0 Å². The molecule has 0 aliphatic heterocycles. The van der Waals surface area contributed by atoms with Crippen LogP contribution >= 0.6 is 15.9 Å². The van der Waals surface area contributed by atoms with Crippen molar-refractivity contribution >= 4 is 27.5 Å². The van der Waals surface area contributed by atoms with E-state index in [0.29, 0.717) is 19.4 Å². The Morgan fingerprint density at radius 2 is 1.76 bits per heavy atom. The second-order valence-corrected chi connectivity index (χ2v) is 5.51. The Labute approximate surface area is 132 Å². The predicted octanol–water partition coefficient (Wildman–Crippen LogP) is 3.94. The number of benzene rings is 2. The molecule has 0 saturated carbocycles. The Morgan fingerprint density at radius 3 is 2.38 bits per heavy atom. The molecule has 0 N–H and O–H groups in total. The molecule has 106 valence electrons. The lowest BCUT2D eigenvalue weighted by atomic mass is 10.1. The number of amides is 1. The van der Waals surface area contributed by atoms with Crippen LogP contribution in [-0.4, -0.2) is 12.5 Å². The van der Waals surface area contributed by atoms with Crippen LogP contribution in [0.5, 0.6) is 0 Å². The molecule has 3 nitrogen and oxygen atoms in total. The third-order valence-corrected chi connectivity index (χ3v) is 3.61. The van der Waals surface area contributed by atoms with Crippen LogP contribution in [0.4, 0.5) is 5.69 Å². The summed E-state index contributed by atoms with van der Waals surface area (Å²) in [4.78, 5) is 14.2. The highest BCUT2D eigenvalue weighted by Gasteiger charge is 2.15. The van der Waals surface area contributed by atoms with Gasteiger partial charge in [0, 0.05) is 16.7 Å². The van der Waals surface area contributed by atoms with E-state index in [1.165, 1.54) is 0 Å². The molecule has 0 aromatic heterocycles. The molecule has 2 aromatic carbocycles. The number of carbonyl (C=O) groups excluding carboxylic acids is 1. The molecule has 0 saturated heterocycles. The maximum Gasteiger partial charge on any atom is 0.231 e. The minimum absolute atomic E-state index is 0.00114. The van der Waals surface area contributed by atoms with Crippen LogP contribution in [-0.2, 0) is 11.2 Å². The van der Waals surface area contributed by atoms with Crippen LogP contribution in [0.1, 0.15) is 12.0 Å². The Morgan fingerprint density at radius 1 is 1.10 bits per heavy atom. The number of nitriles is 1. The molecule has 0 bridgehead atoms. The van der Waals surface area contributed by atoms with E-state index in [1.54, 1.807) is 4.90 Å². The lowest BCUT2D eigenvalue weighted by molar-refractivity contribution is -0.118. The zero-order valence-electron chi connectivity index (χ0n) is 11.5. The van der Waals surface area contributed by atoms with Gasteiger partial charge in [-0.05, 0) is 29.8 Å². The Balaban J connectivity index is 2.14. The highest BCUT2D eigenvalue weighted by molar-refractivity contribution is 9.10. The van der Waals surface area contributed by atoms with Crippen LogP contribution < -0.4 is 4.90 Å². The van der Waals surface area contributed by atoms with Crippen molar-refractivity contribution in [2.24, 2.45) is 0 Å². The molecule has 21 heavy (non-hydrogen) atoms. The van der Waals surface area contributed by atoms with Gasteiger partial charge in [0.05, 0.1) is 18.9 Å². The predicted molar refractivity (Wildman–Crippen MR) is 86.9 cm³/mol. The van der Waals surface area contributed by atoms with Gasteiger partial charge in [-0.1, -0.05) is 46.3 Å². The summed E-state index contributed by atoms with van der Waals surface area (Å²) in [6.07, 6.45) is 0.647. The van der Waals surface area contributed by atoms with Crippen molar-refractivity contribution in [3.8, 4) is 6.07 Å². The van der Waals surface area contributed by atoms with E-state index in [-0.39, 0.29) is 5.91 Å². The first-order valence-electron chi connectivity index (χ1n) is 6.67. The second kappa shape index (κ2) is 7.61. The van der Waals surface area contributed by atoms with Gasteiger partial charge in [0.1, 0.15) is 0 Å². The first-order chi connectivity index (χ1) is 10.2. The summed E-state index contributed by atoms with van der Waals surface area (Å²) in [6.45, 7) is 0.413. The van der Waals surface area contributed by atoms with E-state index in [9.17, 15) is 4.79 Å². The molecule has 2 rings (SSSR count). The van der Waals surface area contributed by atoms with Crippen molar-refractivity contribution in [3.05, 3.63) is 64.6 Å². The number of halogens is 1. The lowest BCUT2D eigenvalue weighted by Gasteiger charge is -2.22. The largest absolute Gasteiger partial charge is 0.311 e. The molecule has 0 fully saturated rings. The van der Waals surface area contributed by atoms with Crippen LogP contribution in [0, 0.1) is 11.3 Å². The molecule has 2 aromatic rings. The molecule has 4 heteroatoms. The minimum atomic E-state index is -0.00114. The number of nitrogens with zero attached hydrogens (tertiary/aromatic N) is 2. The average Bonchev–Trinajstić information content (AvgIpc) is 2.51. The maximum absolute atomic E-state index is 12.5. The van der Waals surface area contributed by atoms with Gasteiger partial charge in [-0.3, -0.25) is 4.79 Å². The van der Waals surface area contributed by atoms with Gasteiger partial charge in [-0.25, -0.2) is 0 Å². The van der Waals surface area contributed by atoms with Crippen molar-refractivity contribution in [1.82, 2.24) is 0 Å². The molecule has 0 aliphatic carbocycles. The van der Waals surface area contributed by atoms with Crippen molar-refractivity contribution < 1.29 is 4.79 Å². The minimum Gasteiger partial charge on any atom is -0.311 e. The lowest BCUT2D eigenvalue weighted by Crippen LogP contribution is -2.33. The highest BCUT2D eigenvalue weighted by Crippen LogP contribution is 2.17. The Hall–Kier alpha value is -2.12. The van der Waals surface area contributed by atoms with Gasteiger partial charge in [0.25, 0.3) is 0 Å². The quantitative estimate of drug-likeness (QED) is 0.825. The topological polar surface area (TPSA) is 44.1 Å². The summed E-state index contributed by atoms with van der Waals surface area (Å²) >= 11 is 3.38. The second-order valence-electron chi connectivity index (χ2n) is 4.59. The highest BCUT2D eigenvalue weighted by atomic mass is 79.9. The number of carbonyl (C=O) groups is 1. The standard InChI is InChI=1S/C17H15BrN2O/c18-15-9-7-14(8-10-15)13-17(21)20(12-4-11-19)16-5-2-1-3-6-16/h1-3,5-10H,4,12-13H2. The normalized spacial score (nSPS) is 9.90. The van der Waals surface area contributed by atoms with Gasteiger partial charge in [-0.2, -0.15) is 5.26 Å². The molecular weight excluding hydrogens is 328 g/mol. The van der Waals surface area contributed by atoms with Crippen LogP contribution in [0.2, 0.25) is 0 Å². The number of rotatable bonds is 5. The van der Waals surface area contributed by atoms with Crippen molar-refractivity contribution in [3.63, 3.8) is 0 Å². The Bertz CT molecular complexity index is 632. The maximum atomic E-state index is 12.5. The molecular formula is C17H15BrN2O. The fourth-order valence-corrected chi connectivity index (χ4v) is 2.30. The number of anilines is 1. The zero-order chi connectivity index (χ0) is 15.1. The summed E-state index contributed by atoms with van der Waals surface area (Å²) in [5.41, 5.74) is 1.79. The summed E-state index contributed by atoms with van der Waals surface area (Å²) in [5, 5.41) is 8.77. The van der Waals surface area contributed by atoms with Crippen molar-refractivity contribution in [1.29, 1.82) is 5.26 Å². The third kappa shape index (κ3) is 4.44. The molecule has 0 unspecified atom stereocenters. The molecule has 0 aliphatic rings. The monoisotopic (exact) mass is 342 g/mol. The van der Waals surface area contributed by atoms with Gasteiger partial charge < -0.3 is 4.90 Å². The number of hydrogen-bond acceptors (Lipinski definition) is 2. The van der Waals surface area contributed by atoms with E-state index in [1.807, 2.05) is 54.6 Å². The molecule has 0 spiro atoms. The first kappa shape index (κ1) is 15.3. The van der Waals surface area contributed by atoms with E-state index in [0.717, 1.165) is 15.7 Å². The van der Waals surface area contributed by atoms with Gasteiger partial charge in [0.2, 0.25) is 5.91 Å². The summed E-state index contributed by atoms with van der Waals surface area (Å²) in [7, 11) is 0. The Kier molecular flexibility index (Phi) is 5.53. The zero-order valence-corrected chi connectivity index (χ0v) is 13.1. The van der Waals surface area contributed by atoms with E-state index >= 15 is 0 Å². The van der Waals surface area contributed by atoms with Crippen LogP contribution in [0.3, 0.4) is 0 Å². The third-order valence-electron chi connectivity index (χ3n) is 3.08. The molecule has 1 amide bonds. The molecule has 0 heterocycles. The van der Waals surface area contributed by atoms with Crippen molar-refractivity contribution in [2.75, 3.05) is 11.4 Å². The fourth-order valence-electron chi connectivity index (χ4n) is 2.04. The smallest absolute Gasteiger partial charge is 0.231 e. The van der Waals surface area contributed by atoms with Crippen LogP contribution in [0.15, 0.2) is 59.1 Å². The average molecular weight is 343 g/mol.